The maximum Gasteiger partial charge on any atom is 0.335 e. The van der Waals surface area contributed by atoms with Gasteiger partial charge in [0.15, 0.2) is 0 Å². The van der Waals surface area contributed by atoms with E-state index in [0.717, 1.165) is 18.2 Å². The first-order chi connectivity index (χ1) is 7.02. The third-order valence-electron chi connectivity index (χ3n) is 2.08. The van der Waals surface area contributed by atoms with Crippen molar-refractivity contribution in [1.82, 2.24) is 5.12 Å². The third-order valence-corrected chi connectivity index (χ3v) is 2.08. The predicted octanol–water partition coefficient (Wildman–Crippen LogP) is 0.865. The average molecular weight is 209 g/mol. The molecule has 76 valence electrons. The maximum atomic E-state index is 12.8. The van der Waals surface area contributed by atoms with E-state index in [1.807, 2.05) is 0 Å². The number of carboxylic acids is 1. The molecular weight excluding hydrogens is 205 g/mol. The van der Waals surface area contributed by atoms with E-state index in [-0.39, 0.29) is 16.7 Å². The zero-order chi connectivity index (χ0) is 11.2. The number of amides is 2. The van der Waals surface area contributed by atoms with Gasteiger partial charge in [-0.15, -0.1) is 5.12 Å². The smallest absolute Gasteiger partial charge is 0.335 e. The molecule has 15 heavy (non-hydrogen) atoms. The minimum atomic E-state index is -1.24. The van der Waals surface area contributed by atoms with E-state index in [4.69, 9.17) is 5.11 Å². The predicted molar refractivity (Wildman–Crippen MR) is 45.0 cm³/mol. The molecule has 1 heterocycles. The minimum absolute atomic E-state index is 0.118. The second-order valence-corrected chi connectivity index (χ2v) is 2.96. The number of hydrogen-bond acceptors (Lipinski definition) is 3. The Labute approximate surface area is 82.7 Å². The Hall–Kier alpha value is -2.24. The first-order valence-corrected chi connectivity index (χ1v) is 3.94. The van der Waals surface area contributed by atoms with Crippen LogP contribution >= 0.6 is 0 Å². The van der Waals surface area contributed by atoms with Crippen molar-refractivity contribution in [2.75, 3.05) is 0 Å². The van der Waals surface area contributed by atoms with Gasteiger partial charge in [0.25, 0.3) is 11.8 Å². The Bertz CT molecular complexity index is 497. The van der Waals surface area contributed by atoms with Crippen LogP contribution in [0.4, 0.5) is 4.48 Å². The molecule has 0 radical (unpaired) electrons. The van der Waals surface area contributed by atoms with Crippen molar-refractivity contribution in [1.29, 1.82) is 0 Å². The molecule has 0 aliphatic carbocycles. The molecule has 1 aromatic rings. The van der Waals surface area contributed by atoms with Gasteiger partial charge in [0, 0.05) is 0 Å². The molecule has 2 rings (SSSR count). The number of carbonyl (C=O) groups is 3. The molecule has 1 aromatic carbocycles. The molecule has 6 heteroatoms. The maximum absolute atomic E-state index is 12.8. The fourth-order valence-corrected chi connectivity index (χ4v) is 1.34. The second-order valence-electron chi connectivity index (χ2n) is 2.96. The topological polar surface area (TPSA) is 74.7 Å². The zero-order valence-electron chi connectivity index (χ0n) is 7.23. The van der Waals surface area contributed by atoms with E-state index >= 15 is 0 Å². The SMILES string of the molecule is O=C(O)c1ccc2c(c1)C(=O)N(F)C2=O. The van der Waals surface area contributed by atoms with Crippen molar-refractivity contribution in [2.45, 2.75) is 0 Å². The number of halogens is 1. The molecule has 5 nitrogen and oxygen atoms in total. The van der Waals surface area contributed by atoms with Crippen molar-refractivity contribution in [2.24, 2.45) is 0 Å². The molecule has 0 atom stereocenters. The van der Waals surface area contributed by atoms with Gasteiger partial charge < -0.3 is 5.11 Å². The molecule has 0 aromatic heterocycles. The summed E-state index contributed by atoms with van der Waals surface area (Å²) in [6, 6.07) is 3.25. The highest BCUT2D eigenvalue weighted by atomic mass is 19.2. The van der Waals surface area contributed by atoms with Crippen LogP contribution in [0.5, 0.6) is 0 Å². The number of imide groups is 1. The van der Waals surface area contributed by atoms with Crippen molar-refractivity contribution < 1.29 is 24.0 Å². The lowest BCUT2D eigenvalue weighted by Crippen LogP contribution is -2.19. The number of carbonyl (C=O) groups excluding carboxylic acids is 2. The molecule has 0 fully saturated rings. The van der Waals surface area contributed by atoms with Gasteiger partial charge in [0.2, 0.25) is 0 Å². The van der Waals surface area contributed by atoms with Crippen LogP contribution in [0.1, 0.15) is 31.1 Å². The number of rotatable bonds is 1. The quantitative estimate of drug-likeness (QED) is 0.550. The van der Waals surface area contributed by atoms with Crippen molar-refractivity contribution >= 4 is 17.8 Å². The minimum Gasteiger partial charge on any atom is -0.478 e. The van der Waals surface area contributed by atoms with Crippen molar-refractivity contribution in [3.8, 4) is 0 Å². The molecule has 1 aliphatic heterocycles. The van der Waals surface area contributed by atoms with Gasteiger partial charge >= 0.3 is 5.97 Å². The van der Waals surface area contributed by atoms with Crippen molar-refractivity contribution in [3.63, 3.8) is 0 Å². The number of carboxylic acid groups (broad SMARTS) is 1. The highest BCUT2D eigenvalue weighted by Gasteiger charge is 2.36. The summed E-state index contributed by atoms with van der Waals surface area (Å²) in [5.41, 5.74) is -0.500. The van der Waals surface area contributed by atoms with Crippen LogP contribution in [0, 0.1) is 0 Å². The molecule has 0 bridgehead atoms. The molecule has 0 unspecified atom stereocenters. The standard InChI is InChI=1S/C9H4FNO4/c10-11-7(12)5-2-1-4(9(14)15)3-6(5)8(11)13/h1-3H,(H,14,15). The third kappa shape index (κ3) is 1.18. The summed E-state index contributed by atoms with van der Waals surface area (Å²) in [7, 11) is 0. The van der Waals surface area contributed by atoms with Gasteiger partial charge in [-0.1, -0.05) is 4.48 Å². The van der Waals surface area contributed by atoms with E-state index in [0.29, 0.717) is 0 Å². The highest BCUT2D eigenvalue weighted by molar-refractivity contribution is 6.21. The van der Waals surface area contributed by atoms with Crippen molar-refractivity contribution in [3.05, 3.63) is 34.9 Å². The van der Waals surface area contributed by atoms with Crippen LogP contribution in [0.15, 0.2) is 18.2 Å². The lowest BCUT2D eigenvalue weighted by Gasteiger charge is -1.96. The first-order valence-electron chi connectivity index (χ1n) is 3.94. The van der Waals surface area contributed by atoms with E-state index < -0.39 is 22.9 Å². The fourth-order valence-electron chi connectivity index (χ4n) is 1.34. The van der Waals surface area contributed by atoms with Crippen LogP contribution in [-0.2, 0) is 0 Å². The lowest BCUT2D eigenvalue weighted by atomic mass is 10.1. The summed E-state index contributed by atoms with van der Waals surface area (Å²) < 4.78 is 12.8. The van der Waals surface area contributed by atoms with Crippen LogP contribution < -0.4 is 0 Å². The Morgan fingerprint density at radius 1 is 1.20 bits per heavy atom. The van der Waals surface area contributed by atoms with Crippen LogP contribution in [0.2, 0.25) is 0 Å². The molecule has 1 N–H and O–H groups in total. The van der Waals surface area contributed by atoms with Crippen LogP contribution in [0.25, 0.3) is 0 Å². The number of hydrogen-bond donors (Lipinski definition) is 1. The normalized spacial score (nSPS) is 14.3. The van der Waals surface area contributed by atoms with E-state index in [2.05, 4.69) is 0 Å². The Morgan fingerprint density at radius 3 is 2.40 bits per heavy atom. The van der Waals surface area contributed by atoms with E-state index in [9.17, 15) is 18.9 Å². The van der Waals surface area contributed by atoms with Gasteiger partial charge in [0.05, 0.1) is 16.7 Å². The molecule has 1 aliphatic rings. The van der Waals surface area contributed by atoms with Crippen LogP contribution in [0.3, 0.4) is 0 Å². The van der Waals surface area contributed by atoms with Gasteiger partial charge in [0.1, 0.15) is 0 Å². The summed E-state index contributed by atoms with van der Waals surface area (Å²) in [5.74, 6) is -3.43. The van der Waals surface area contributed by atoms with Gasteiger partial charge in [-0.3, -0.25) is 9.59 Å². The summed E-state index contributed by atoms with van der Waals surface area (Å²) in [4.78, 5) is 32.8. The largest absolute Gasteiger partial charge is 0.478 e. The molecule has 0 saturated carbocycles. The average Bonchev–Trinajstić information content (AvgIpc) is 2.44. The summed E-state index contributed by atoms with van der Waals surface area (Å²) >= 11 is 0. The fraction of sp³-hybridized carbons (Fsp3) is 0. The number of aromatic carboxylic acids is 1. The Morgan fingerprint density at radius 2 is 1.80 bits per heavy atom. The van der Waals surface area contributed by atoms with Gasteiger partial charge in [-0.05, 0) is 18.2 Å². The Kier molecular flexibility index (Phi) is 1.79. The summed E-state index contributed by atoms with van der Waals surface area (Å²) in [6.07, 6.45) is 0. The Balaban J connectivity index is 2.61. The monoisotopic (exact) mass is 209 g/mol. The molecule has 2 amide bonds. The number of fused-ring (bicyclic) bond motifs is 1. The van der Waals surface area contributed by atoms with Gasteiger partial charge in [-0.25, -0.2) is 4.79 Å². The molecule has 0 saturated heterocycles. The second kappa shape index (κ2) is 2.88. The molecule has 0 spiro atoms. The summed E-state index contributed by atoms with van der Waals surface area (Å²) in [5, 5.41) is 8.10. The number of benzene rings is 1. The van der Waals surface area contributed by atoms with E-state index in [1.54, 1.807) is 0 Å². The first kappa shape index (κ1) is 9.32. The van der Waals surface area contributed by atoms with Crippen LogP contribution in [-0.4, -0.2) is 28.0 Å². The highest BCUT2D eigenvalue weighted by Crippen LogP contribution is 2.23. The van der Waals surface area contributed by atoms with E-state index in [1.165, 1.54) is 0 Å². The molecular formula is C9H4FNO4. The summed E-state index contributed by atoms with van der Waals surface area (Å²) in [6.45, 7) is 0. The number of nitrogens with zero attached hydrogens (tertiary/aromatic N) is 1. The lowest BCUT2D eigenvalue weighted by molar-refractivity contribution is 0.0229. The zero-order valence-corrected chi connectivity index (χ0v) is 7.23. The van der Waals surface area contributed by atoms with Gasteiger partial charge in [-0.2, -0.15) is 0 Å².